The SMILES string of the molecule is COCC(Br)CNC(=O)CCOCC(F)(F)F. The van der Waals surface area contributed by atoms with Crippen LogP contribution in [0.3, 0.4) is 0 Å². The molecule has 0 aliphatic carbocycles. The third-order valence-electron chi connectivity index (χ3n) is 1.61. The maximum atomic E-state index is 11.7. The lowest BCUT2D eigenvalue weighted by molar-refractivity contribution is -0.174. The van der Waals surface area contributed by atoms with E-state index < -0.39 is 12.8 Å². The van der Waals surface area contributed by atoms with Crippen molar-refractivity contribution in [3.63, 3.8) is 0 Å². The number of ether oxygens (including phenoxy) is 2. The Kier molecular flexibility index (Phi) is 8.53. The maximum absolute atomic E-state index is 11.7. The molecule has 0 aromatic carbocycles. The van der Waals surface area contributed by atoms with Gasteiger partial charge in [0, 0.05) is 20.1 Å². The average molecular weight is 322 g/mol. The van der Waals surface area contributed by atoms with E-state index in [0.717, 1.165) is 0 Å². The van der Waals surface area contributed by atoms with E-state index in [9.17, 15) is 18.0 Å². The lowest BCUT2D eigenvalue weighted by Crippen LogP contribution is -2.32. The van der Waals surface area contributed by atoms with Gasteiger partial charge in [0.15, 0.2) is 0 Å². The molecule has 1 N–H and O–H groups in total. The van der Waals surface area contributed by atoms with E-state index in [1.807, 2.05) is 0 Å². The molecule has 1 amide bonds. The van der Waals surface area contributed by atoms with Crippen LogP contribution in [-0.2, 0) is 14.3 Å². The van der Waals surface area contributed by atoms with Crippen LogP contribution in [0.4, 0.5) is 13.2 Å². The molecule has 0 saturated heterocycles. The number of halogens is 4. The minimum absolute atomic E-state index is 0.0208. The fraction of sp³-hybridized carbons (Fsp3) is 0.889. The van der Waals surface area contributed by atoms with E-state index in [1.165, 1.54) is 7.11 Å². The van der Waals surface area contributed by atoms with Gasteiger partial charge in [-0.1, -0.05) is 15.9 Å². The number of rotatable bonds is 8. The van der Waals surface area contributed by atoms with E-state index in [1.54, 1.807) is 0 Å². The molecule has 1 atom stereocenters. The summed E-state index contributed by atoms with van der Waals surface area (Å²) < 4.78 is 44.1. The highest BCUT2D eigenvalue weighted by atomic mass is 79.9. The second kappa shape index (κ2) is 8.71. The van der Waals surface area contributed by atoms with Gasteiger partial charge in [-0.15, -0.1) is 0 Å². The number of nitrogens with one attached hydrogen (secondary N) is 1. The summed E-state index contributed by atoms with van der Waals surface area (Å²) in [6, 6.07) is 0. The standard InChI is InChI=1S/C9H15BrF3NO3/c1-16-5-7(10)4-14-8(15)2-3-17-6-9(11,12)13/h7H,2-6H2,1H3,(H,14,15). The van der Waals surface area contributed by atoms with E-state index >= 15 is 0 Å². The molecule has 0 aromatic rings. The normalized spacial score (nSPS) is 13.5. The third-order valence-corrected chi connectivity index (χ3v) is 2.20. The maximum Gasteiger partial charge on any atom is 0.411 e. The molecule has 0 radical (unpaired) electrons. The Bertz CT molecular complexity index is 226. The largest absolute Gasteiger partial charge is 0.411 e. The second-order valence-corrected chi connectivity index (χ2v) is 4.57. The van der Waals surface area contributed by atoms with Gasteiger partial charge in [-0.3, -0.25) is 4.79 Å². The minimum Gasteiger partial charge on any atom is -0.383 e. The Morgan fingerprint density at radius 3 is 2.65 bits per heavy atom. The number of methoxy groups -OCH3 is 1. The Morgan fingerprint density at radius 2 is 2.12 bits per heavy atom. The molecule has 4 nitrogen and oxygen atoms in total. The van der Waals surface area contributed by atoms with Crippen molar-refractivity contribution < 1.29 is 27.4 Å². The zero-order valence-corrected chi connectivity index (χ0v) is 10.9. The summed E-state index contributed by atoms with van der Waals surface area (Å²) in [5, 5.41) is 2.54. The molecule has 0 aliphatic heterocycles. The first-order chi connectivity index (χ1) is 7.85. The van der Waals surface area contributed by atoms with Crippen LogP contribution in [0, 0.1) is 0 Å². The predicted molar refractivity (Wildman–Crippen MR) is 59.1 cm³/mol. The van der Waals surface area contributed by atoms with Crippen molar-refractivity contribution in [1.29, 1.82) is 0 Å². The van der Waals surface area contributed by atoms with Crippen LogP contribution in [0.2, 0.25) is 0 Å². The molecule has 17 heavy (non-hydrogen) atoms. The smallest absolute Gasteiger partial charge is 0.383 e. The van der Waals surface area contributed by atoms with E-state index in [0.29, 0.717) is 13.2 Å². The van der Waals surface area contributed by atoms with Crippen molar-refractivity contribution in [1.82, 2.24) is 5.32 Å². The van der Waals surface area contributed by atoms with Crippen LogP contribution in [0.25, 0.3) is 0 Å². The summed E-state index contributed by atoms with van der Waals surface area (Å²) in [6.45, 7) is -0.787. The van der Waals surface area contributed by atoms with E-state index in [-0.39, 0.29) is 23.8 Å². The Balaban J connectivity index is 3.47. The highest BCUT2D eigenvalue weighted by molar-refractivity contribution is 9.09. The fourth-order valence-corrected chi connectivity index (χ4v) is 1.33. The lowest BCUT2D eigenvalue weighted by atomic mass is 10.4. The van der Waals surface area contributed by atoms with Crippen LogP contribution in [0.5, 0.6) is 0 Å². The van der Waals surface area contributed by atoms with Gasteiger partial charge >= 0.3 is 6.18 Å². The van der Waals surface area contributed by atoms with Crippen molar-refractivity contribution >= 4 is 21.8 Å². The Hall–Kier alpha value is -0.340. The molecule has 0 spiro atoms. The molecular formula is C9H15BrF3NO3. The molecule has 1 unspecified atom stereocenters. The zero-order valence-electron chi connectivity index (χ0n) is 9.35. The number of amides is 1. The molecule has 0 aliphatic rings. The van der Waals surface area contributed by atoms with Gasteiger partial charge in [-0.25, -0.2) is 0 Å². The van der Waals surface area contributed by atoms with Gasteiger partial charge in [-0.05, 0) is 0 Å². The van der Waals surface area contributed by atoms with Crippen molar-refractivity contribution in [3.05, 3.63) is 0 Å². The van der Waals surface area contributed by atoms with Gasteiger partial charge in [0.25, 0.3) is 0 Å². The lowest BCUT2D eigenvalue weighted by Gasteiger charge is -2.10. The van der Waals surface area contributed by atoms with Crippen molar-refractivity contribution in [2.24, 2.45) is 0 Å². The summed E-state index contributed by atoms with van der Waals surface area (Å²) in [7, 11) is 1.53. The van der Waals surface area contributed by atoms with Gasteiger partial charge in [0.05, 0.1) is 18.0 Å². The fourth-order valence-electron chi connectivity index (χ4n) is 0.906. The van der Waals surface area contributed by atoms with Gasteiger partial charge in [0.1, 0.15) is 6.61 Å². The minimum atomic E-state index is -4.35. The molecule has 8 heteroatoms. The van der Waals surface area contributed by atoms with E-state index in [2.05, 4.69) is 26.0 Å². The summed E-state index contributed by atoms with van der Waals surface area (Å²) in [4.78, 5) is 11.1. The van der Waals surface area contributed by atoms with Gasteiger partial charge < -0.3 is 14.8 Å². The predicted octanol–water partition coefficient (Wildman–Crippen LogP) is 1.48. The second-order valence-electron chi connectivity index (χ2n) is 3.27. The van der Waals surface area contributed by atoms with Crippen LogP contribution in [0.15, 0.2) is 0 Å². The Labute approximate surface area is 106 Å². The summed E-state index contributed by atoms with van der Waals surface area (Å²) >= 11 is 3.25. The van der Waals surface area contributed by atoms with E-state index in [4.69, 9.17) is 4.74 Å². The van der Waals surface area contributed by atoms with Crippen LogP contribution in [0.1, 0.15) is 6.42 Å². The molecule has 0 bridgehead atoms. The summed E-state index contributed by atoms with van der Waals surface area (Å²) in [6.07, 6.45) is -4.45. The third kappa shape index (κ3) is 11.9. The average Bonchev–Trinajstić information content (AvgIpc) is 2.21. The first-order valence-corrected chi connectivity index (χ1v) is 5.81. The summed E-state index contributed by atoms with van der Waals surface area (Å²) in [5.41, 5.74) is 0. The number of carbonyl (C=O) groups excluding carboxylic acids is 1. The molecule has 0 rings (SSSR count). The highest BCUT2D eigenvalue weighted by Gasteiger charge is 2.27. The molecule has 0 heterocycles. The first-order valence-electron chi connectivity index (χ1n) is 4.89. The highest BCUT2D eigenvalue weighted by Crippen LogP contribution is 2.14. The Morgan fingerprint density at radius 1 is 1.47 bits per heavy atom. The zero-order chi connectivity index (χ0) is 13.3. The molecule has 102 valence electrons. The first kappa shape index (κ1) is 16.7. The molecule has 0 fully saturated rings. The van der Waals surface area contributed by atoms with Crippen LogP contribution < -0.4 is 5.32 Å². The summed E-state index contributed by atoms with van der Waals surface area (Å²) in [5.74, 6) is -0.354. The van der Waals surface area contributed by atoms with Crippen molar-refractivity contribution in [2.45, 2.75) is 17.4 Å². The molecular weight excluding hydrogens is 307 g/mol. The number of carbonyl (C=O) groups is 1. The monoisotopic (exact) mass is 321 g/mol. The number of hydrogen-bond donors (Lipinski definition) is 1. The number of alkyl halides is 4. The molecule has 0 aromatic heterocycles. The van der Waals surface area contributed by atoms with Crippen LogP contribution in [-0.4, -0.2) is 50.4 Å². The topological polar surface area (TPSA) is 47.6 Å². The quantitative estimate of drug-likeness (QED) is 0.544. The van der Waals surface area contributed by atoms with Gasteiger partial charge in [0.2, 0.25) is 5.91 Å². The molecule has 0 saturated carbocycles. The van der Waals surface area contributed by atoms with Crippen molar-refractivity contribution in [2.75, 3.05) is 33.5 Å². The van der Waals surface area contributed by atoms with Crippen LogP contribution >= 0.6 is 15.9 Å². The van der Waals surface area contributed by atoms with Gasteiger partial charge in [-0.2, -0.15) is 13.2 Å². The number of hydrogen-bond acceptors (Lipinski definition) is 3. The van der Waals surface area contributed by atoms with Crippen molar-refractivity contribution in [3.8, 4) is 0 Å².